The highest BCUT2D eigenvalue weighted by atomic mass is 35.5. The molecule has 1 fully saturated rings. The van der Waals surface area contributed by atoms with Gasteiger partial charge in [0.2, 0.25) is 0 Å². The Labute approximate surface area is 237 Å². The summed E-state index contributed by atoms with van der Waals surface area (Å²) in [5, 5.41) is 11.4. The molecule has 208 valence electrons. The number of halogens is 2. The number of hydrogen-bond acceptors (Lipinski definition) is 8. The molecule has 0 spiro atoms. The molecule has 0 saturated carbocycles. The molecule has 2 aromatic carbocycles. The summed E-state index contributed by atoms with van der Waals surface area (Å²) in [6.07, 6.45) is 4.44. The van der Waals surface area contributed by atoms with E-state index in [1.807, 2.05) is 12.1 Å². The van der Waals surface area contributed by atoms with Gasteiger partial charge in [0.05, 0.1) is 16.7 Å². The summed E-state index contributed by atoms with van der Waals surface area (Å²) in [6, 6.07) is 7.95. The Bertz CT molecular complexity index is 1570. The highest BCUT2D eigenvalue weighted by Crippen LogP contribution is 2.39. The van der Waals surface area contributed by atoms with Crippen molar-refractivity contribution in [3.05, 3.63) is 63.6 Å². The molecule has 3 aliphatic rings. The largest absolute Gasteiger partial charge is 0.424 e. The third-order valence-electron chi connectivity index (χ3n) is 8.22. The molecule has 2 N–H and O–H groups in total. The van der Waals surface area contributed by atoms with Crippen LogP contribution in [-0.4, -0.2) is 71.4 Å². The first-order chi connectivity index (χ1) is 19.5. The van der Waals surface area contributed by atoms with E-state index in [9.17, 15) is 4.39 Å². The molecule has 7 rings (SSSR count). The Morgan fingerprint density at radius 3 is 2.77 bits per heavy atom. The van der Waals surface area contributed by atoms with E-state index in [-0.39, 0.29) is 5.02 Å². The van der Waals surface area contributed by atoms with Crippen LogP contribution in [0.15, 0.2) is 30.5 Å². The van der Waals surface area contributed by atoms with Gasteiger partial charge in [0, 0.05) is 80.5 Å². The fraction of sp³-hybridized carbons (Fsp3) is 0.414. The molecule has 9 nitrogen and oxygen atoms in total. The van der Waals surface area contributed by atoms with Crippen LogP contribution in [0.2, 0.25) is 5.02 Å². The molecule has 3 aliphatic heterocycles. The zero-order chi connectivity index (χ0) is 27.2. The Kier molecular flexibility index (Phi) is 6.69. The number of anilines is 2. The van der Waals surface area contributed by atoms with E-state index >= 15 is 0 Å². The molecule has 11 heteroatoms. The lowest BCUT2D eigenvalue weighted by Gasteiger charge is -2.35. The Balaban J connectivity index is 1.30. The summed E-state index contributed by atoms with van der Waals surface area (Å²) >= 11 is 6.53. The number of aromatic nitrogens is 4. The molecule has 0 unspecified atom stereocenters. The molecule has 5 heterocycles. The number of aromatic amines is 1. The molecule has 0 amide bonds. The molecule has 40 heavy (non-hydrogen) atoms. The van der Waals surface area contributed by atoms with Gasteiger partial charge in [0.15, 0.2) is 0 Å². The standard InChI is InChI=1S/C29H32ClFN8O/c1-37-11-7-19-18(16-37)4-2-6-25(19)40-29-34-27(38-12-8-32-9-13-38)20-5-3-10-39(28(20)35-29)17-22-21-15-33-36-24(21)14-23(31)26(22)30/h2,4,6,14-15,32H,3,5,7-13,16-17H2,1H3,(H,33,36). The van der Waals surface area contributed by atoms with Crippen molar-refractivity contribution >= 4 is 34.1 Å². The number of piperazine rings is 1. The highest BCUT2D eigenvalue weighted by molar-refractivity contribution is 6.32. The maximum Gasteiger partial charge on any atom is 0.325 e. The fourth-order valence-corrected chi connectivity index (χ4v) is 6.39. The monoisotopic (exact) mass is 562 g/mol. The van der Waals surface area contributed by atoms with Crippen molar-refractivity contribution in [3.8, 4) is 11.8 Å². The summed E-state index contributed by atoms with van der Waals surface area (Å²) in [4.78, 5) is 16.8. The van der Waals surface area contributed by atoms with Crippen LogP contribution in [0.4, 0.5) is 16.0 Å². The van der Waals surface area contributed by atoms with Crippen molar-refractivity contribution in [2.45, 2.75) is 32.4 Å². The second kappa shape index (κ2) is 10.5. The SMILES string of the molecule is CN1CCc2c(cccc2Oc2nc(N3CCNCC3)c3c(n2)N(Cc2c(Cl)c(F)cc4[nH]ncc24)CCC3)C1. The van der Waals surface area contributed by atoms with Crippen LogP contribution in [0.1, 0.15) is 28.7 Å². The molecular formula is C29H32ClFN8O. The first-order valence-corrected chi connectivity index (χ1v) is 14.3. The zero-order valence-electron chi connectivity index (χ0n) is 22.5. The van der Waals surface area contributed by atoms with Crippen molar-refractivity contribution in [2.75, 3.05) is 56.1 Å². The van der Waals surface area contributed by atoms with Gasteiger partial charge in [-0.25, -0.2) is 4.39 Å². The minimum Gasteiger partial charge on any atom is -0.424 e. The van der Waals surface area contributed by atoms with Gasteiger partial charge in [0.1, 0.15) is 23.2 Å². The quantitative estimate of drug-likeness (QED) is 0.373. The van der Waals surface area contributed by atoms with E-state index in [0.29, 0.717) is 23.6 Å². The number of fused-ring (bicyclic) bond motifs is 3. The van der Waals surface area contributed by atoms with Crippen molar-refractivity contribution < 1.29 is 9.13 Å². The number of H-pyrrole nitrogens is 1. The lowest BCUT2D eigenvalue weighted by atomic mass is 9.99. The van der Waals surface area contributed by atoms with Crippen LogP contribution in [-0.2, 0) is 25.9 Å². The predicted octanol–water partition coefficient (Wildman–Crippen LogP) is 4.29. The summed E-state index contributed by atoms with van der Waals surface area (Å²) in [5.74, 6) is 2.10. The third kappa shape index (κ3) is 4.63. The van der Waals surface area contributed by atoms with Gasteiger partial charge in [-0.1, -0.05) is 23.7 Å². The van der Waals surface area contributed by atoms with Gasteiger partial charge < -0.3 is 24.8 Å². The van der Waals surface area contributed by atoms with Crippen molar-refractivity contribution in [1.82, 2.24) is 30.4 Å². The van der Waals surface area contributed by atoms with E-state index in [2.05, 4.69) is 43.3 Å². The number of likely N-dealkylation sites (N-methyl/N-ethyl adjacent to an activating group) is 1. The van der Waals surface area contributed by atoms with Gasteiger partial charge >= 0.3 is 6.01 Å². The normalized spacial score (nSPS) is 17.7. The first-order valence-electron chi connectivity index (χ1n) is 13.9. The molecule has 2 aromatic heterocycles. The van der Waals surface area contributed by atoms with Crippen LogP contribution in [0.25, 0.3) is 10.9 Å². The summed E-state index contributed by atoms with van der Waals surface area (Å²) < 4.78 is 21.3. The molecular weight excluding hydrogens is 531 g/mol. The third-order valence-corrected chi connectivity index (χ3v) is 8.63. The number of benzene rings is 2. The van der Waals surface area contributed by atoms with Crippen LogP contribution >= 0.6 is 11.6 Å². The van der Waals surface area contributed by atoms with Gasteiger partial charge in [0.25, 0.3) is 0 Å². The molecule has 1 saturated heterocycles. The molecule has 0 atom stereocenters. The van der Waals surface area contributed by atoms with E-state index < -0.39 is 5.82 Å². The minimum atomic E-state index is -0.460. The molecule has 0 bridgehead atoms. The lowest BCUT2D eigenvalue weighted by molar-refractivity contribution is 0.308. The molecule has 4 aromatic rings. The van der Waals surface area contributed by atoms with Crippen LogP contribution in [0.5, 0.6) is 11.8 Å². The Morgan fingerprint density at radius 2 is 1.90 bits per heavy atom. The lowest BCUT2D eigenvalue weighted by Crippen LogP contribution is -2.45. The van der Waals surface area contributed by atoms with E-state index in [1.54, 1.807) is 6.20 Å². The topological polar surface area (TPSA) is 85.4 Å². The highest BCUT2D eigenvalue weighted by Gasteiger charge is 2.29. The number of nitrogens with zero attached hydrogens (tertiary/aromatic N) is 6. The second-order valence-corrected chi connectivity index (χ2v) is 11.2. The number of nitrogens with one attached hydrogen (secondary N) is 2. The summed E-state index contributed by atoms with van der Waals surface area (Å²) in [6.45, 7) is 6.57. The maximum atomic E-state index is 14.8. The second-order valence-electron chi connectivity index (χ2n) is 10.9. The van der Waals surface area contributed by atoms with Gasteiger partial charge in [-0.15, -0.1) is 0 Å². The van der Waals surface area contributed by atoms with Gasteiger partial charge in [-0.3, -0.25) is 5.10 Å². The van der Waals surface area contributed by atoms with E-state index in [1.165, 1.54) is 17.2 Å². The fourth-order valence-electron chi connectivity index (χ4n) is 6.17. The number of hydrogen-bond donors (Lipinski definition) is 2. The summed E-state index contributed by atoms with van der Waals surface area (Å²) in [5.41, 5.74) is 4.92. The zero-order valence-corrected chi connectivity index (χ0v) is 23.3. The van der Waals surface area contributed by atoms with Crippen LogP contribution < -0.4 is 19.9 Å². The predicted molar refractivity (Wildman–Crippen MR) is 154 cm³/mol. The average molecular weight is 563 g/mol. The Morgan fingerprint density at radius 1 is 1.05 bits per heavy atom. The average Bonchev–Trinajstić information content (AvgIpc) is 3.44. The minimum absolute atomic E-state index is 0.120. The van der Waals surface area contributed by atoms with Crippen LogP contribution in [0.3, 0.4) is 0 Å². The number of ether oxygens (including phenoxy) is 1. The molecule has 0 radical (unpaired) electrons. The van der Waals surface area contributed by atoms with E-state index in [0.717, 1.165) is 93.4 Å². The van der Waals surface area contributed by atoms with E-state index in [4.69, 9.17) is 26.3 Å². The smallest absolute Gasteiger partial charge is 0.325 e. The molecule has 0 aliphatic carbocycles. The summed E-state index contributed by atoms with van der Waals surface area (Å²) in [7, 11) is 2.14. The van der Waals surface area contributed by atoms with Gasteiger partial charge in [-0.05, 0) is 37.9 Å². The number of rotatable bonds is 5. The van der Waals surface area contributed by atoms with Crippen molar-refractivity contribution in [3.63, 3.8) is 0 Å². The van der Waals surface area contributed by atoms with Crippen molar-refractivity contribution in [2.24, 2.45) is 0 Å². The Hall–Kier alpha value is -3.47. The van der Waals surface area contributed by atoms with Crippen LogP contribution in [0, 0.1) is 5.82 Å². The maximum absolute atomic E-state index is 14.8. The van der Waals surface area contributed by atoms with Gasteiger partial charge in [-0.2, -0.15) is 15.1 Å². The first kappa shape index (κ1) is 25.5. The van der Waals surface area contributed by atoms with Crippen molar-refractivity contribution in [1.29, 1.82) is 0 Å².